The minimum Gasteiger partial charge on any atom is -0.495 e. The van der Waals surface area contributed by atoms with Gasteiger partial charge in [-0.15, -0.1) is 0 Å². The van der Waals surface area contributed by atoms with Crippen LogP contribution in [0.15, 0.2) is 28.7 Å². The lowest BCUT2D eigenvalue weighted by Gasteiger charge is -2.42. The molecule has 0 aromatic carbocycles. The van der Waals surface area contributed by atoms with Crippen LogP contribution in [0.3, 0.4) is 0 Å². The summed E-state index contributed by atoms with van der Waals surface area (Å²) < 4.78 is 5.78. The van der Waals surface area contributed by atoms with Crippen molar-refractivity contribution in [1.82, 2.24) is 20.5 Å². The molecule has 1 aliphatic carbocycles. The average Bonchev–Trinajstić information content (AvgIpc) is 2.72. The second-order valence-corrected chi connectivity index (χ2v) is 8.98. The Hall–Kier alpha value is -1.60. The summed E-state index contributed by atoms with van der Waals surface area (Å²) in [7, 11) is 0. The number of hydrogen-bond donors (Lipinski definition) is 2. The van der Waals surface area contributed by atoms with Crippen molar-refractivity contribution in [3.63, 3.8) is 0 Å². The Balaban J connectivity index is 1.27. The van der Waals surface area contributed by atoms with Crippen molar-refractivity contribution in [3.8, 4) is 0 Å². The second-order valence-electron chi connectivity index (χ2n) is 8.59. The number of nitrogens with one attached hydrogen (secondary N) is 2. The smallest absolute Gasteiger partial charge is 0.189 e. The molecule has 7 heteroatoms. The van der Waals surface area contributed by atoms with Gasteiger partial charge in [0.2, 0.25) is 0 Å². The van der Waals surface area contributed by atoms with Gasteiger partial charge in [-0.1, -0.05) is 6.92 Å². The van der Waals surface area contributed by atoms with Crippen molar-refractivity contribution in [2.24, 2.45) is 11.0 Å². The molecule has 0 aromatic rings. The van der Waals surface area contributed by atoms with E-state index in [-0.39, 0.29) is 6.04 Å². The van der Waals surface area contributed by atoms with Gasteiger partial charge in [-0.25, -0.2) is 0 Å². The van der Waals surface area contributed by atoms with E-state index in [1.807, 2.05) is 6.20 Å². The standard InChI is InChI=1S/C21H33N5OS/c1-15-3-5-17(6-4-15)25-8-10-26(11-9-25)21(28)24-23-18-7-12-27-19-13-16(2)14-22-20(18)19/h13-15,17,20,22H,3-12H2,1-2H3,(H,24,28)/b23-18-. The predicted octanol–water partition coefficient (Wildman–Crippen LogP) is 2.59. The summed E-state index contributed by atoms with van der Waals surface area (Å²) in [6.07, 6.45) is 10.4. The van der Waals surface area contributed by atoms with Crippen LogP contribution in [0.2, 0.25) is 0 Å². The number of hydrazone groups is 1. The highest BCUT2D eigenvalue weighted by atomic mass is 32.1. The molecule has 1 unspecified atom stereocenters. The van der Waals surface area contributed by atoms with Crippen molar-refractivity contribution in [3.05, 3.63) is 23.6 Å². The van der Waals surface area contributed by atoms with Gasteiger partial charge in [0, 0.05) is 44.8 Å². The average molecular weight is 404 g/mol. The number of allylic oxidation sites excluding steroid dienone is 2. The van der Waals surface area contributed by atoms with Gasteiger partial charge < -0.3 is 15.0 Å². The number of nitrogens with zero attached hydrogens (tertiary/aromatic N) is 3. The topological polar surface area (TPSA) is 52.1 Å². The zero-order chi connectivity index (χ0) is 19.5. The minimum atomic E-state index is 0.0262. The quantitative estimate of drug-likeness (QED) is 0.546. The molecule has 0 bridgehead atoms. The van der Waals surface area contributed by atoms with Gasteiger partial charge in [0.15, 0.2) is 5.11 Å². The first-order chi connectivity index (χ1) is 13.6. The van der Waals surface area contributed by atoms with Crippen molar-refractivity contribution in [2.45, 2.75) is 58.0 Å². The van der Waals surface area contributed by atoms with E-state index in [2.05, 4.69) is 45.6 Å². The Morgan fingerprint density at radius 3 is 2.71 bits per heavy atom. The third-order valence-corrected chi connectivity index (χ3v) is 6.84. The fourth-order valence-corrected chi connectivity index (χ4v) is 4.89. The lowest BCUT2D eigenvalue weighted by atomic mass is 9.86. The molecular formula is C21H33N5OS. The number of ether oxygens (including phenoxy) is 1. The van der Waals surface area contributed by atoms with Crippen LogP contribution < -0.4 is 10.7 Å². The molecule has 6 nitrogen and oxygen atoms in total. The summed E-state index contributed by atoms with van der Waals surface area (Å²) in [6.45, 7) is 9.30. The van der Waals surface area contributed by atoms with Gasteiger partial charge in [0.25, 0.3) is 0 Å². The first-order valence-electron chi connectivity index (χ1n) is 10.7. The molecule has 1 saturated carbocycles. The molecule has 1 atom stereocenters. The fourth-order valence-electron chi connectivity index (χ4n) is 4.66. The summed E-state index contributed by atoms with van der Waals surface area (Å²) in [4.78, 5) is 4.93. The van der Waals surface area contributed by atoms with E-state index in [4.69, 9.17) is 17.0 Å². The molecular weight excluding hydrogens is 370 g/mol. The van der Waals surface area contributed by atoms with Crippen LogP contribution in [0, 0.1) is 5.92 Å². The van der Waals surface area contributed by atoms with E-state index >= 15 is 0 Å². The summed E-state index contributed by atoms with van der Waals surface area (Å²) in [6, 6.07) is 0.805. The number of piperazine rings is 1. The van der Waals surface area contributed by atoms with Crippen LogP contribution in [0.4, 0.5) is 0 Å². The van der Waals surface area contributed by atoms with Crippen LogP contribution in [0.5, 0.6) is 0 Å². The van der Waals surface area contributed by atoms with Crippen LogP contribution in [0.25, 0.3) is 0 Å². The monoisotopic (exact) mass is 403 g/mol. The number of rotatable bonds is 2. The molecule has 154 valence electrons. The maximum absolute atomic E-state index is 5.78. The second kappa shape index (κ2) is 8.82. The predicted molar refractivity (Wildman–Crippen MR) is 117 cm³/mol. The highest BCUT2D eigenvalue weighted by Crippen LogP contribution is 2.27. The zero-order valence-electron chi connectivity index (χ0n) is 17.1. The number of hydrogen-bond acceptors (Lipinski definition) is 5. The Kier molecular flexibility index (Phi) is 6.21. The van der Waals surface area contributed by atoms with E-state index in [1.54, 1.807) is 0 Å². The van der Waals surface area contributed by atoms with E-state index in [0.29, 0.717) is 6.61 Å². The highest BCUT2D eigenvalue weighted by Gasteiger charge is 2.29. The molecule has 0 aromatic heterocycles. The Morgan fingerprint density at radius 1 is 1.21 bits per heavy atom. The number of thiocarbonyl (C=S) groups is 1. The van der Waals surface area contributed by atoms with Crippen LogP contribution in [-0.4, -0.2) is 65.5 Å². The van der Waals surface area contributed by atoms with Gasteiger partial charge in [-0.05, 0) is 62.4 Å². The summed E-state index contributed by atoms with van der Waals surface area (Å²) in [5.74, 6) is 1.86. The molecule has 2 saturated heterocycles. The third-order valence-electron chi connectivity index (χ3n) is 6.49. The maximum Gasteiger partial charge on any atom is 0.189 e. The first-order valence-corrected chi connectivity index (χ1v) is 11.1. The van der Waals surface area contributed by atoms with Crippen molar-refractivity contribution >= 4 is 23.0 Å². The van der Waals surface area contributed by atoms with Gasteiger partial charge in [-0.2, -0.15) is 5.10 Å². The zero-order valence-corrected chi connectivity index (χ0v) is 17.9. The lowest BCUT2D eigenvalue weighted by Crippen LogP contribution is -2.54. The Morgan fingerprint density at radius 2 is 1.96 bits per heavy atom. The fraction of sp³-hybridized carbons (Fsp3) is 0.714. The Bertz CT molecular complexity index is 672. The Labute approximate surface area is 174 Å². The van der Waals surface area contributed by atoms with E-state index in [0.717, 1.165) is 61.1 Å². The molecule has 2 N–H and O–H groups in total. The number of fused-ring (bicyclic) bond motifs is 1. The van der Waals surface area contributed by atoms with Crippen molar-refractivity contribution < 1.29 is 4.74 Å². The normalized spacial score (nSPS) is 32.6. The molecule has 3 aliphatic heterocycles. The molecule has 3 heterocycles. The maximum atomic E-state index is 5.78. The minimum absolute atomic E-state index is 0.0262. The van der Waals surface area contributed by atoms with Crippen LogP contribution in [0.1, 0.15) is 46.0 Å². The summed E-state index contributed by atoms with van der Waals surface area (Å²) in [5, 5.41) is 8.76. The van der Waals surface area contributed by atoms with E-state index < -0.39 is 0 Å². The van der Waals surface area contributed by atoms with Crippen molar-refractivity contribution in [1.29, 1.82) is 0 Å². The van der Waals surface area contributed by atoms with E-state index in [9.17, 15) is 0 Å². The highest BCUT2D eigenvalue weighted by molar-refractivity contribution is 7.80. The largest absolute Gasteiger partial charge is 0.495 e. The molecule has 0 amide bonds. The molecule has 0 spiro atoms. The third kappa shape index (κ3) is 4.51. The van der Waals surface area contributed by atoms with Gasteiger partial charge in [0.05, 0.1) is 12.3 Å². The SMILES string of the molecule is CC1=CNC2C(=C1)OCC/C2=N/NC(=S)N1CCN(C2CCC(C)CC2)CC1. The summed E-state index contributed by atoms with van der Waals surface area (Å²) in [5.41, 5.74) is 5.37. The van der Waals surface area contributed by atoms with Gasteiger partial charge in [0.1, 0.15) is 11.8 Å². The molecule has 4 aliphatic rings. The first kappa shape index (κ1) is 19.7. The van der Waals surface area contributed by atoms with Gasteiger partial charge >= 0.3 is 0 Å². The van der Waals surface area contributed by atoms with Crippen molar-refractivity contribution in [2.75, 3.05) is 32.8 Å². The molecule has 3 fully saturated rings. The molecule has 4 rings (SSSR count). The van der Waals surface area contributed by atoms with Gasteiger partial charge in [-0.3, -0.25) is 10.3 Å². The van der Waals surface area contributed by atoms with Crippen LogP contribution in [-0.2, 0) is 4.74 Å². The lowest BCUT2D eigenvalue weighted by molar-refractivity contribution is 0.0970. The molecule has 0 radical (unpaired) electrons. The molecule has 28 heavy (non-hydrogen) atoms. The number of dihydropyridines is 1. The summed E-state index contributed by atoms with van der Waals surface area (Å²) >= 11 is 5.63. The van der Waals surface area contributed by atoms with E-state index in [1.165, 1.54) is 31.3 Å². The van der Waals surface area contributed by atoms with Crippen LogP contribution >= 0.6 is 12.2 Å².